The number of rotatable bonds is 5. The zero-order valence-corrected chi connectivity index (χ0v) is 17.4. The zero-order valence-electron chi connectivity index (χ0n) is 17.4. The maximum absolute atomic E-state index is 5.48. The number of nitrogens with zero attached hydrogens (tertiary/aromatic N) is 3. The van der Waals surface area contributed by atoms with Gasteiger partial charge in [-0.15, -0.1) is 0 Å². The number of aromatic nitrogens is 3. The number of hydrogen-bond acceptors (Lipinski definition) is 5. The van der Waals surface area contributed by atoms with E-state index in [1.54, 1.807) is 20.5 Å². The first-order valence-electron chi connectivity index (χ1n) is 10.4. The van der Waals surface area contributed by atoms with Crippen molar-refractivity contribution in [2.75, 3.05) is 32.2 Å². The third-order valence-corrected chi connectivity index (χ3v) is 6.15. The van der Waals surface area contributed by atoms with E-state index in [1.165, 1.54) is 18.4 Å². The summed E-state index contributed by atoms with van der Waals surface area (Å²) in [6.07, 6.45) is 5.15. The fourth-order valence-corrected chi connectivity index (χ4v) is 4.54. The summed E-state index contributed by atoms with van der Waals surface area (Å²) in [5.74, 6) is 3.10. The molecule has 1 aliphatic heterocycles. The molecule has 4 aromatic rings. The molecule has 154 valence electrons. The summed E-state index contributed by atoms with van der Waals surface area (Å²) in [5, 5.41) is 1.02. The third-order valence-electron chi connectivity index (χ3n) is 6.15. The molecular formula is C24H26N4O2. The molecule has 0 aliphatic carbocycles. The molecular weight excluding hydrogens is 376 g/mol. The second-order valence-electron chi connectivity index (χ2n) is 7.92. The van der Waals surface area contributed by atoms with Gasteiger partial charge in [0.25, 0.3) is 0 Å². The Morgan fingerprint density at radius 1 is 1.00 bits per heavy atom. The molecule has 1 aliphatic rings. The summed E-state index contributed by atoms with van der Waals surface area (Å²) < 4.78 is 10.9. The number of fused-ring (bicyclic) bond motifs is 3. The van der Waals surface area contributed by atoms with Gasteiger partial charge in [0.15, 0.2) is 17.3 Å². The van der Waals surface area contributed by atoms with E-state index in [4.69, 9.17) is 9.47 Å². The number of benzene rings is 2. The molecule has 0 saturated carbocycles. The smallest absolute Gasteiger partial charge is 0.162 e. The van der Waals surface area contributed by atoms with Gasteiger partial charge >= 0.3 is 0 Å². The van der Waals surface area contributed by atoms with Crippen molar-refractivity contribution < 1.29 is 9.47 Å². The standard InChI is InChI=1S/C24H26N4O2/c1-29-20-13-18-19(14-21(20)30-2)27-23-22(18)25-15-26-24(23)28-10-8-17(9-11-28)12-16-6-4-3-5-7-16/h3-7,13-15,17,27H,8-12H2,1-2H3. The van der Waals surface area contributed by atoms with Gasteiger partial charge in [0.2, 0.25) is 0 Å². The molecule has 6 heteroatoms. The van der Waals surface area contributed by atoms with Gasteiger partial charge in [-0.25, -0.2) is 9.97 Å². The lowest BCUT2D eigenvalue weighted by atomic mass is 9.90. The topological polar surface area (TPSA) is 63.3 Å². The molecule has 0 spiro atoms. The predicted octanol–water partition coefficient (Wildman–Crippen LogP) is 4.59. The summed E-state index contributed by atoms with van der Waals surface area (Å²) in [7, 11) is 3.30. The predicted molar refractivity (Wildman–Crippen MR) is 120 cm³/mol. The van der Waals surface area contributed by atoms with Crippen molar-refractivity contribution in [3.63, 3.8) is 0 Å². The van der Waals surface area contributed by atoms with Crippen LogP contribution in [0.2, 0.25) is 0 Å². The van der Waals surface area contributed by atoms with E-state index in [9.17, 15) is 0 Å². The maximum atomic E-state index is 5.48. The Kier molecular flexibility index (Phi) is 4.91. The van der Waals surface area contributed by atoms with Crippen LogP contribution in [0.15, 0.2) is 48.8 Å². The quantitative estimate of drug-likeness (QED) is 0.529. The molecule has 5 rings (SSSR count). The summed E-state index contributed by atoms with van der Waals surface area (Å²) >= 11 is 0. The van der Waals surface area contributed by atoms with Gasteiger partial charge in [-0.3, -0.25) is 0 Å². The van der Waals surface area contributed by atoms with Crippen LogP contribution in [0.3, 0.4) is 0 Å². The fourth-order valence-electron chi connectivity index (χ4n) is 4.54. The van der Waals surface area contributed by atoms with Crippen molar-refractivity contribution in [3.05, 3.63) is 54.4 Å². The van der Waals surface area contributed by atoms with E-state index < -0.39 is 0 Å². The highest BCUT2D eigenvalue weighted by atomic mass is 16.5. The van der Waals surface area contributed by atoms with E-state index in [0.717, 1.165) is 53.2 Å². The highest BCUT2D eigenvalue weighted by Gasteiger charge is 2.23. The second-order valence-corrected chi connectivity index (χ2v) is 7.92. The number of nitrogens with one attached hydrogen (secondary N) is 1. The minimum absolute atomic E-state index is 0.702. The van der Waals surface area contributed by atoms with E-state index in [2.05, 4.69) is 50.2 Å². The first-order valence-corrected chi connectivity index (χ1v) is 10.4. The van der Waals surface area contributed by atoms with Crippen molar-refractivity contribution >= 4 is 27.8 Å². The van der Waals surface area contributed by atoms with Crippen molar-refractivity contribution in [1.29, 1.82) is 0 Å². The molecule has 0 radical (unpaired) electrons. The Bertz CT molecular complexity index is 1160. The van der Waals surface area contributed by atoms with Crippen LogP contribution in [-0.4, -0.2) is 42.3 Å². The lowest BCUT2D eigenvalue weighted by molar-refractivity contribution is 0.356. The molecule has 1 N–H and O–H groups in total. The fraction of sp³-hybridized carbons (Fsp3) is 0.333. The Morgan fingerprint density at radius 2 is 1.73 bits per heavy atom. The Morgan fingerprint density at radius 3 is 2.47 bits per heavy atom. The number of hydrogen-bond donors (Lipinski definition) is 1. The molecule has 0 atom stereocenters. The van der Waals surface area contributed by atoms with E-state index in [0.29, 0.717) is 11.5 Å². The average molecular weight is 402 g/mol. The zero-order chi connectivity index (χ0) is 20.5. The van der Waals surface area contributed by atoms with Gasteiger partial charge in [-0.2, -0.15) is 0 Å². The van der Waals surface area contributed by atoms with Crippen LogP contribution in [0.25, 0.3) is 21.9 Å². The van der Waals surface area contributed by atoms with Crippen molar-refractivity contribution in [2.24, 2.45) is 5.92 Å². The molecule has 0 unspecified atom stereocenters. The monoisotopic (exact) mass is 402 g/mol. The van der Waals surface area contributed by atoms with Crippen LogP contribution >= 0.6 is 0 Å². The van der Waals surface area contributed by atoms with Crippen LogP contribution in [0, 0.1) is 5.92 Å². The van der Waals surface area contributed by atoms with Gasteiger partial charge < -0.3 is 19.4 Å². The summed E-state index contributed by atoms with van der Waals surface area (Å²) in [6.45, 7) is 2.01. The van der Waals surface area contributed by atoms with Crippen LogP contribution in [0.1, 0.15) is 18.4 Å². The molecule has 2 aromatic carbocycles. The van der Waals surface area contributed by atoms with Gasteiger partial charge in [0.1, 0.15) is 17.4 Å². The molecule has 6 nitrogen and oxygen atoms in total. The SMILES string of the molecule is COc1cc2[nH]c3c(N4CCC(Cc5ccccc5)CC4)ncnc3c2cc1OC. The summed E-state index contributed by atoms with van der Waals surface area (Å²) in [5.41, 5.74) is 4.30. The number of H-pyrrole nitrogens is 1. The van der Waals surface area contributed by atoms with Gasteiger partial charge in [-0.05, 0) is 36.8 Å². The lowest BCUT2D eigenvalue weighted by Crippen LogP contribution is -2.35. The lowest BCUT2D eigenvalue weighted by Gasteiger charge is -2.33. The summed E-state index contributed by atoms with van der Waals surface area (Å²) in [6, 6.07) is 14.7. The van der Waals surface area contributed by atoms with E-state index >= 15 is 0 Å². The molecule has 0 amide bonds. The molecule has 3 heterocycles. The van der Waals surface area contributed by atoms with Crippen molar-refractivity contribution in [1.82, 2.24) is 15.0 Å². The molecule has 1 fully saturated rings. The number of ether oxygens (including phenoxy) is 2. The number of piperidine rings is 1. The average Bonchev–Trinajstić information content (AvgIpc) is 3.17. The first kappa shape index (κ1) is 18.7. The third kappa shape index (κ3) is 3.32. The minimum atomic E-state index is 0.702. The van der Waals surface area contributed by atoms with E-state index in [1.807, 2.05) is 12.1 Å². The molecule has 2 aromatic heterocycles. The maximum Gasteiger partial charge on any atom is 0.162 e. The Hall–Kier alpha value is -3.28. The van der Waals surface area contributed by atoms with Crippen molar-refractivity contribution in [2.45, 2.75) is 19.3 Å². The van der Waals surface area contributed by atoms with Crippen LogP contribution in [0.5, 0.6) is 11.5 Å². The Labute approximate surface area is 175 Å². The largest absolute Gasteiger partial charge is 0.493 e. The highest BCUT2D eigenvalue weighted by Crippen LogP contribution is 2.37. The molecule has 0 bridgehead atoms. The highest BCUT2D eigenvalue weighted by molar-refractivity contribution is 6.09. The molecule has 1 saturated heterocycles. The van der Waals surface area contributed by atoms with Gasteiger partial charge in [0, 0.05) is 24.5 Å². The van der Waals surface area contributed by atoms with Crippen LogP contribution in [0.4, 0.5) is 5.82 Å². The second kappa shape index (κ2) is 7.86. The normalized spacial score (nSPS) is 15.1. The summed E-state index contributed by atoms with van der Waals surface area (Å²) in [4.78, 5) is 15.1. The van der Waals surface area contributed by atoms with Crippen LogP contribution in [-0.2, 0) is 6.42 Å². The van der Waals surface area contributed by atoms with Crippen LogP contribution < -0.4 is 14.4 Å². The van der Waals surface area contributed by atoms with Gasteiger partial charge in [-0.1, -0.05) is 30.3 Å². The van der Waals surface area contributed by atoms with E-state index in [-0.39, 0.29) is 0 Å². The molecule has 30 heavy (non-hydrogen) atoms. The Balaban J connectivity index is 1.42. The van der Waals surface area contributed by atoms with Crippen molar-refractivity contribution in [3.8, 4) is 11.5 Å². The first-order chi connectivity index (χ1) is 14.8. The number of anilines is 1. The number of aromatic amines is 1. The van der Waals surface area contributed by atoms with Gasteiger partial charge in [0.05, 0.1) is 19.7 Å². The minimum Gasteiger partial charge on any atom is -0.493 e. The number of methoxy groups -OCH3 is 2.